The van der Waals surface area contributed by atoms with Crippen LogP contribution in [0, 0.1) is 0 Å². The Hall–Kier alpha value is -1.91. The number of guanidine groups is 1. The summed E-state index contributed by atoms with van der Waals surface area (Å²) in [6.07, 6.45) is 0. The fourth-order valence-electron chi connectivity index (χ4n) is 1.31. The van der Waals surface area contributed by atoms with Crippen molar-refractivity contribution in [2.45, 2.75) is 0 Å². The van der Waals surface area contributed by atoms with Gasteiger partial charge in [0.05, 0.1) is 13.7 Å². The van der Waals surface area contributed by atoms with E-state index >= 15 is 0 Å². The third kappa shape index (κ3) is 4.63. The lowest BCUT2D eigenvalue weighted by Crippen LogP contribution is -2.37. The number of hydrogen-bond donors (Lipinski definition) is 2. The molecule has 0 spiro atoms. The predicted octanol–water partition coefficient (Wildman–Crippen LogP) is 0.869. The molecule has 0 atom stereocenters. The van der Waals surface area contributed by atoms with Crippen molar-refractivity contribution in [2.24, 2.45) is 4.99 Å². The van der Waals surface area contributed by atoms with Crippen molar-refractivity contribution in [1.29, 1.82) is 0 Å². The first-order chi connectivity index (χ1) is 8.30. The number of nitrogens with zero attached hydrogens (tertiary/aromatic N) is 1. The van der Waals surface area contributed by atoms with Crippen molar-refractivity contribution in [3.8, 4) is 11.5 Å². The van der Waals surface area contributed by atoms with Gasteiger partial charge in [0.25, 0.3) is 0 Å². The van der Waals surface area contributed by atoms with Crippen molar-refractivity contribution in [2.75, 3.05) is 34.4 Å². The smallest absolute Gasteiger partial charge is 0.190 e. The van der Waals surface area contributed by atoms with E-state index in [0.29, 0.717) is 13.2 Å². The molecule has 1 rings (SSSR count). The van der Waals surface area contributed by atoms with E-state index in [1.165, 1.54) is 0 Å². The lowest BCUT2D eigenvalue weighted by atomic mass is 10.3. The highest BCUT2D eigenvalue weighted by atomic mass is 16.5. The average molecular weight is 237 g/mol. The van der Waals surface area contributed by atoms with Crippen molar-refractivity contribution < 1.29 is 9.47 Å². The topological polar surface area (TPSA) is 54.9 Å². The summed E-state index contributed by atoms with van der Waals surface area (Å²) in [5.74, 6) is 2.34. The Balaban J connectivity index is 2.30. The van der Waals surface area contributed by atoms with E-state index in [4.69, 9.17) is 9.47 Å². The van der Waals surface area contributed by atoms with Crippen molar-refractivity contribution in [3.05, 3.63) is 24.3 Å². The quantitative estimate of drug-likeness (QED) is 0.453. The first-order valence-electron chi connectivity index (χ1n) is 5.45. The minimum Gasteiger partial charge on any atom is -0.497 e. The normalized spacial score (nSPS) is 10.9. The molecular formula is C12H19N3O2. The van der Waals surface area contributed by atoms with E-state index < -0.39 is 0 Å². The van der Waals surface area contributed by atoms with Crippen LogP contribution in [0.4, 0.5) is 0 Å². The fourth-order valence-corrected chi connectivity index (χ4v) is 1.31. The van der Waals surface area contributed by atoms with Gasteiger partial charge < -0.3 is 20.1 Å². The first-order valence-corrected chi connectivity index (χ1v) is 5.45. The van der Waals surface area contributed by atoms with Gasteiger partial charge in [-0.2, -0.15) is 0 Å². The van der Waals surface area contributed by atoms with Crippen molar-refractivity contribution >= 4 is 5.96 Å². The van der Waals surface area contributed by atoms with Gasteiger partial charge in [0.2, 0.25) is 0 Å². The number of hydrogen-bond acceptors (Lipinski definition) is 3. The van der Waals surface area contributed by atoms with Gasteiger partial charge in [0.15, 0.2) is 5.96 Å². The second kappa shape index (κ2) is 7.38. The SMILES string of the molecule is CN=C(NC)NCCOc1cccc(OC)c1. The van der Waals surface area contributed by atoms with Crippen LogP contribution in [-0.4, -0.2) is 40.3 Å². The molecule has 17 heavy (non-hydrogen) atoms. The Bertz CT molecular complexity index is 367. The summed E-state index contributed by atoms with van der Waals surface area (Å²) in [5.41, 5.74) is 0. The number of nitrogens with one attached hydrogen (secondary N) is 2. The molecule has 5 heteroatoms. The van der Waals surface area contributed by atoms with Gasteiger partial charge in [-0.3, -0.25) is 4.99 Å². The minimum atomic E-state index is 0.563. The summed E-state index contributed by atoms with van der Waals surface area (Å²) in [5, 5.41) is 6.03. The lowest BCUT2D eigenvalue weighted by Gasteiger charge is -2.10. The van der Waals surface area contributed by atoms with Crippen LogP contribution in [0.2, 0.25) is 0 Å². The highest BCUT2D eigenvalue weighted by Crippen LogP contribution is 2.18. The van der Waals surface area contributed by atoms with E-state index in [1.807, 2.05) is 31.3 Å². The molecule has 0 aliphatic heterocycles. The molecule has 0 unspecified atom stereocenters. The third-order valence-electron chi connectivity index (χ3n) is 2.16. The maximum absolute atomic E-state index is 5.56. The van der Waals surface area contributed by atoms with Crippen LogP contribution in [0.25, 0.3) is 0 Å². The van der Waals surface area contributed by atoms with Crippen LogP contribution in [0.15, 0.2) is 29.3 Å². The van der Waals surface area contributed by atoms with Gasteiger partial charge in [-0.05, 0) is 12.1 Å². The Labute approximate surface area is 102 Å². The number of aliphatic imine (C=N–C) groups is 1. The van der Waals surface area contributed by atoms with Gasteiger partial charge in [-0.1, -0.05) is 6.07 Å². The third-order valence-corrected chi connectivity index (χ3v) is 2.16. The van der Waals surface area contributed by atoms with Gasteiger partial charge >= 0.3 is 0 Å². The molecule has 0 aliphatic carbocycles. The maximum Gasteiger partial charge on any atom is 0.190 e. The molecule has 1 aromatic carbocycles. The summed E-state index contributed by atoms with van der Waals surface area (Å²) >= 11 is 0. The predicted molar refractivity (Wildman–Crippen MR) is 68.9 cm³/mol. The Morgan fingerprint density at radius 1 is 1.35 bits per heavy atom. The molecule has 0 heterocycles. The summed E-state index contributed by atoms with van der Waals surface area (Å²) in [7, 11) is 5.18. The summed E-state index contributed by atoms with van der Waals surface area (Å²) < 4.78 is 10.7. The largest absolute Gasteiger partial charge is 0.497 e. The average Bonchev–Trinajstić information content (AvgIpc) is 2.39. The number of methoxy groups -OCH3 is 1. The molecule has 0 aromatic heterocycles. The standard InChI is InChI=1S/C12H19N3O2/c1-13-12(14-2)15-7-8-17-11-6-4-5-10(9-11)16-3/h4-6,9H,7-8H2,1-3H3,(H2,13,14,15). The molecule has 0 saturated heterocycles. The van der Waals surface area contributed by atoms with Crippen LogP contribution in [-0.2, 0) is 0 Å². The zero-order valence-corrected chi connectivity index (χ0v) is 10.5. The summed E-state index contributed by atoms with van der Waals surface area (Å²) in [4.78, 5) is 4.00. The Kier molecular flexibility index (Phi) is 5.71. The zero-order chi connectivity index (χ0) is 12.5. The molecule has 0 aliphatic rings. The Morgan fingerprint density at radius 3 is 2.76 bits per heavy atom. The van der Waals surface area contributed by atoms with Gasteiger partial charge in [-0.15, -0.1) is 0 Å². The number of ether oxygens (including phenoxy) is 2. The molecule has 0 bridgehead atoms. The van der Waals surface area contributed by atoms with E-state index in [-0.39, 0.29) is 0 Å². The molecule has 0 saturated carbocycles. The van der Waals surface area contributed by atoms with E-state index in [0.717, 1.165) is 17.5 Å². The molecule has 5 nitrogen and oxygen atoms in total. The molecule has 94 valence electrons. The summed E-state index contributed by atoms with van der Waals surface area (Å²) in [6, 6.07) is 7.53. The lowest BCUT2D eigenvalue weighted by molar-refractivity contribution is 0.319. The van der Waals surface area contributed by atoms with E-state index in [2.05, 4.69) is 15.6 Å². The van der Waals surface area contributed by atoms with E-state index in [9.17, 15) is 0 Å². The van der Waals surface area contributed by atoms with Gasteiger partial charge in [0.1, 0.15) is 18.1 Å². The fraction of sp³-hybridized carbons (Fsp3) is 0.417. The number of rotatable bonds is 5. The summed E-state index contributed by atoms with van der Waals surface area (Å²) in [6.45, 7) is 1.25. The molecular weight excluding hydrogens is 218 g/mol. The molecule has 2 N–H and O–H groups in total. The van der Waals surface area contributed by atoms with Crippen LogP contribution >= 0.6 is 0 Å². The van der Waals surface area contributed by atoms with Crippen molar-refractivity contribution in [1.82, 2.24) is 10.6 Å². The van der Waals surface area contributed by atoms with Crippen LogP contribution < -0.4 is 20.1 Å². The van der Waals surface area contributed by atoms with E-state index in [1.54, 1.807) is 14.2 Å². The second-order valence-corrected chi connectivity index (χ2v) is 3.28. The first kappa shape index (κ1) is 13.2. The zero-order valence-electron chi connectivity index (χ0n) is 10.5. The molecule has 0 amide bonds. The second-order valence-electron chi connectivity index (χ2n) is 3.28. The molecule has 0 fully saturated rings. The molecule has 1 aromatic rings. The van der Waals surface area contributed by atoms with Crippen LogP contribution in [0.5, 0.6) is 11.5 Å². The minimum absolute atomic E-state index is 0.563. The highest BCUT2D eigenvalue weighted by molar-refractivity contribution is 5.79. The Morgan fingerprint density at radius 2 is 2.12 bits per heavy atom. The molecule has 0 radical (unpaired) electrons. The van der Waals surface area contributed by atoms with Crippen LogP contribution in [0.1, 0.15) is 0 Å². The van der Waals surface area contributed by atoms with Crippen molar-refractivity contribution in [3.63, 3.8) is 0 Å². The highest BCUT2D eigenvalue weighted by Gasteiger charge is 1.97. The maximum atomic E-state index is 5.56. The number of benzene rings is 1. The van der Waals surface area contributed by atoms with Crippen LogP contribution in [0.3, 0.4) is 0 Å². The van der Waals surface area contributed by atoms with Gasteiger partial charge in [0, 0.05) is 20.2 Å². The monoisotopic (exact) mass is 237 g/mol. The van der Waals surface area contributed by atoms with Gasteiger partial charge in [-0.25, -0.2) is 0 Å².